The average Bonchev–Trinajstić information content (AvgIpc) is 2.51. The Morgan fingerprint density at radius 2 is 1.79 bits per heavy atom. The summed E-state index contributed by atoms with van der Waals surface area (Å²) in [6, 6.07) is 9.55. The van der Waals surface area contributed by atoms with Crippen LogP contribution >= 0.6 is 0 Å². The second-order valence-electron chi connectivity index (χ2n) is 5.41. The lowest BCUT2D eigenvalue weighted by Crippen LogP contribution is -2.23. The molecule has 0 saturated heterocycles. The van der Waals surface area contributed by atoms with Gasteiger partial charge in [-0.3, -0.25) is 9.59 Å². The molecular formula is C18H20N2O4. The Hall–Kier alpha value is -2.89. The normalized spacial score (nSPS) is 10.3. The zero-order valence-corrected chi connectivity index (χ0v) is 14.0. The maximum Gasteiger partial charge on any atom is 0.338 e. The third-order valence-corrected chi connectivity index (χ3v) is 3.51. The van der Waals surface area contributed by atoms with E-state index in [-0.39, 0.29) is 17.9 Å². The Morgan fingerprint density at radius 3 is 2.42 bits per heavy atom. The van der Waals surface area contributed by atoms with Crippen molar-refractivity contribution in [2.75, 3.05) is 11.9 Å². The van der Waals surface area contributed by atoms with Gasteiger partial charge in [0, 0.05) is 29.2 Å². The fourth-order valence-electron chi connectivity index (χ4n) is 2.42. The molecule has 24 heavy (non-hydrogen) atoms. The minimum atomic E-state index is -0.430. The highest BCUT2D eigenvalue weighted by molar-refractivity contribution is 5.94. The van der Waals surface area contributed by atoms with Crippen LogP contribution in [0.15, 0.2) is 41.2 Å². The van der Waals surface area contributed by atoms with Crippen LogP contribution in [0.25, 0.3) is 0 Å². The Bertz CT molecular complexity index is 798. The van der Waals surface area contributed by atoms with Gasteiger partial charge < -0.3 is 14.6 Å². The standard InChI is InChI=1S/C18H20N2O4/c1-4-24-18(23)14-6-5-7-15(10-14)19-17(22)11-20-12(2)8-16(21)9-13(20)3/h5-10H,4,11H2,1-3H3,(H,19,22). The first kappa shape index (κ1) is 17.5. The third-order valence-electron chi connectivity index (χ3n) is 3.51. The van der Waals surface area contributed by atoms with Gasteiger partial charge >= 0.3 is 5.97 Å². The number of anilines is 1. The van der Waals surface area contributed by atoms with E-state index in [4.69, 9.17) is 4.74 Å². The molecular weight excluding hydrogens is 308 g/mol. The first-order valence-electron chi connectivity index (χ1n) is 7.66. The topological polar surface area (TPSA) is 77.4 Å². The summed E-state index contributed by atoms with van der Waals surface area (Å²) in [5.41, 5.74) is 2.25. The molecule has 6 nitrogen and oxygen atoms in total. The van der Waals surface area contributed by atoms with Gasteiger partial charge in [0.2, 0.25) is 5.91 Å². The number of amides is 1. The van der Waals surface area contributed by atoms with Crippen LogP contribution in [0.5, 0.6) is 0 Å². The molecule has 0 bridgehead atoms. The van der Waals surface area contributed by atoms with Gasteiger partial charge in [0.1, 0.15) is 6.54 Å². The Kier molecular flexibility index (Phi) is 5.52. The summed E-state index contributed by atoms with van der Waals surface area (Å²) in [5, 5.41) is 2.75. The number of aryl methyl sites for hydroxylation is 2. The van der Waals surface area contributed by atoms with Crippen molar-refractivity contribution in [1.29, 1.82) is 0 Å². The van der Waals surface area contributed by atoms with E-state index in [0.717, 1.165) is 11.4 Å². The molecule has 1 N–H and O–H groups in total. The lowest BCUT2D eigenvalue weighted by atomic mass is 10.2. The molecule has 0 aliphatic heterocycles. The quantitative estimate of drug-likeness (QED) is 0.854. The van der Waals surface area contributed by atoms with Crippen LogP contribution in [0.3, 0.4) is 0 Å². The first-order chi connectivity index (χ1) is 11.4. The average molecular weight is 328 g/mol. The van der Waals surface area contributed by atoms with Gasteiger partial charge in [-0.2, -0.15) is 0 Å². The van der Waals surface area contributed by atoms with E-state index in [1.54, 1.807) is 49.6 Å². The van der Waals surface area contributed by atoms with Crippen LogP contribution in [0.2, 0.25) is 0 Å². The van der Waals surface area contributed by atoms with Gasteiger partial charge in [0.25, 0.3) is 0 Å². The zero-order valence-electron chi connectivity index (χ0n) is 14.0. The fourth-order valence-corrected chi connectivity index (χ4v) is 2.42. The van der Waals surface area contributed by atoms with Gasteiger partial charge in [0.15, 0.2) is 5.43 Å². The van der Waals surface area contributed by atoms with Crippen LogP contribution in [0.1, 0.15) is 28.7 Å². The molecule has 1 heterocycles. The van der Waals surface area contributed by atoms with Gasteiger partial charge in [-0.05, 0) is 39.0 Å². The number of carbonyl (C=O) groups is 2. The molecule has 1 amide bonds. The van der Waals surface area contributed by atoms with Gasteiger partial charge in [0.05, 0.1) is 12.2 Å². The van der Waals surface area contributed by atoms with Crippen LogP contribution in [-0.2, 0) is 16.1 Å². The minimum absolute atomic E-state index is 0.0798. The number of pyridine rings is 1. The summed E-state index contributed by atoms with van der Waals surface area (Å²) in [7, 11) is 0. The lowest BCUT2D eigenvalue weighted by molar-refractivity contribution is -0.116. The molecule has 0 atom stereocenters. The summed E-state index contributed by atoms with van der Waals surface area (Å²) < 4.78 is 6.70. The van der Waals surface area contributed by atoms with E-state index in [0.29, 0.717) is 17.9 Å². The maximum absolute atomic E-state index is 12.3. The summed E-state index contributed by atoms with van der Waals surface area (Å²) in [6.45, 7) is 5.67. The lowest BCUT2D eigenvalue weighted by Gasteiger charge is -2.14. The Morgan fingerprint density at radius 1 is 1.12 bits per heavy atom. The molecule has 0 unspecified atom stereocenters. The predicted molar refractivity (Wildman–Crippen MR) is 91.2 cm³/mol. The maximum atomic E-state index is 12.3. The van der Waals surface area contributed by atoms with Gasteiger partial charge in [-0.25, -0.2) is 4.79 Å². The molecule has 0 saturated carbocycles. The molecule has 6 heteroatoms. The number of ether oxygens (including phenoxy) is 1. The van der Waals surface area contributed by atoms with E-state index < -0.39 is 5.97 Å². The molecule has 2 rings (SSSR count). The summed E-state index contributed by atoms with van der Waals surface area (Å²) in [4.78, 5) is 35.4. The molecule has 2 aromatic rings. The number of nitrogens with one attached hydrogen (secondary N) is 1. The highest BCUT2D eigenvalue weighted by atomic mass is 16.5. The number of benzene rings is 1. The third kappa shape index (κ3) is 4.32. The van der Waals surface area contributed by atoms with Crippen molar-refractivity contribution in [3.05, 3.63) is 63.6 Å². The van der Waals surface area contributed by atoms with Crippen molar-refractivity contribution >= 4 is 17.6 Å². The number of esters is 1. The monoisotopic (exact) mass is 328 g/mol. The highest BCUT2D eigenvalue weighted by Gasteiger charge is 2.10. The van der Waals surface area contributed by atoms with Crippen LogP contribution in [0, 0.1) is 13.8 Å². The molecule has 1 aromatic heterocycles. The minimum Gasteiger partial charge on any atom is -0.462 e. The summed E-state index contributed by atoms with van der Waals surface area (Å²) >= 11 is 0. The van der Waals surface area contributed by atoms with Gasteiger partial charge in [-0.15, -0.1) is 0 Å². The van der Waals surface area contributed by atoms with Crippen molar-refractivity contribution in [3.8, 4) is 0 Å². The number of carbonyl (C=O) groups excluding carboxylic acids is 2. The molecule has 0 aliphatic carbocycles. The molecule has 126 valence electrons. The molecule has 0 aliphatic rings. The van der Waals surface area contributed by atoms with E-state index in [1.165, 1.54) is 12.1 Å². The van der Waals surface area contributed by atoms with E-state index in [2.05, 4.69) is 5.32 Å². The molecule has 0 spiro atoms. The smallest absolute Gasteiger partial charge is 0.338 e. The molecule has 1 aromatic carbocycles. The van der Waals surface area contributed by atoms with Crippen molar-refractivity contribution in [2.45, 2.75) is 27.3 Å². The van der Waals surface area contributed by atoms with Gasteiger partial charge in [-0.1, -0.05) is 6.07 Å². The van der Waals surface area contributed by atoms with Crippen molar-refractivity contribution in [3.63, 3.8) is 0 Å². The van der Waals surface area contributed by atoms with E-state index >= 15 is 0 Å². The number of hydrogen-bond acceptors (Lipinski definition) is 4. The Labute approximate surface area is 140 Å². The van der Waals surface area contributed by atoms with E-state index in [9.17, 15) is 14.4 Å². The fraction of sp³-hybridized carbons (Fsp3) is 0.278. The number of hydrogen-bond donors (Lipinski definition) is 1. The largest absolute Gasteiger partial charge is 0.462 e. The number of aromatic nitrogens is 1. The van der Waals surface area contributed by atoms with Crippen LogP contribution in [0.4, 0.5) is 5.69 Å². The zero-order chi connectivity index (χ0) is 17.7. The molecule has 0 radical (unpaired) electrons. The second-order valence-corrected chi connectivity index (χ2v) is 5.41. The van der Waals surface area contributed by atoms with Crippen LogP contribution < -0.4 is 10.7 Å². The van der Waals surface area contributed by atoms with Crippen LogP contribution in [-0.4, -0.2) is 23.1 Å². The Balaban J connectivity index is 2.12. The number of nitrogens with zero attached hydrogens (tertiary/aromatic N) is 1. The van der Waals surface area contributed by atoms with Crippen molar-refractivity contribution in [2.24, 2.45) is 0 Å². The SMILES string of the molecule is CCOC(=O)c1cccc(NC(=O)Cn2c(C)cc(=O)cc2C)c1. The second kappa shape index (κ2) is 7.59. The molecule has 0 fully saturated rings. The first-order valence-corrected chi connectivity index (χ1v) is 7.66. The number of rotatable bonds is 5. The van der Waals surface area contributed by atoms with E-state index in [1.807, 2.05) is 0 Å². The summed E-state index contributed by atoms with van der Waals surface area (Å²) in [6.07, 6.45) is 0. The highest BCUT2D eigenvalue weighted by Crippen LogP contribution is 2.12. The predicted octanol–water partition coefficient (Wildman–Crippen LogP) is 2.28. The van der Waals surface area contributed by atoms with Crippen molar-refractivity contribution < 1.29 is 14.3 Å². The summed E-state index contributed by atoms with van der Waals surface area (Å²) in [5.74, 6) is -0.674. The van der Waals surface area contributed by atoms with Crippen molar-refractivity contribution in [1.82, 2.24) is 4.57 Å².